The highest BCUT2D eigenvalue weighted by molar-refractivity contribution is 8.00. The van der Waals surface area contributed by atoms with E-state index >= 15 is 0 Å². The van der Waals surface area contributed by atoms with Crippen molar-refractivity contribution in [3.8, 4) is 5.75 Å². The Hall–Kier alpha value is -2.63. The van der Waals surface area contributed by atoms with Gasteiger partial charge in [0.15, 0.2) is 0 Å². The highest BCUT2D eigenvalue weighted by Gasteiger charge is 2.29. The first-order chi connectivity index (χ1) is 15.2. The smallest absolute Gasteiger partial charge is 0.269 e. The zero-order valence-corrected chi connectivity index (χ0v) is 19.4. The number of hydrogen-bond donors (Lipinski definition) is 1. The van der Waals surface area contributed by atoms with Crippen LogP contribution in [0.5, 0.6) is 5.75 Å². The highest BCUT2D eigenvalue weighted by atomic mass is 32.2. The molecule has 2 aromatic carbocycles. The maximum atomic E-state index is 13.1. The van der Waals surface area contributed by atoms with Crippen LogP contribution in [0.25, 0.3) is 0 Å². The minimum Gasteiger partial charge on any atom is -0.495 e. The summed E-state index contributed by atoms with van der Waals surface area (Å²) in [4.78, 5) is 23.7. The summed E-state index contributed by atoms with van der Waals surface area (Å²) in [5.41, 5.74) is 0.328. The summed E-state index contributed by atoms with van der Waals surface area (Å²) in [6.07, 6.45) is 2.63. The lowest BCUT2D eigenvalue weighted by atomic mass is 10.2. The fourth-order valence-corrected chi connectivity index (χ4v) is 5.91. The molecule has 1 amide bonds. The second kappa shape index (κ2) is 10.3. The summed E-state index contributed by atoms with van der Waals surface area (Å²) < 4.78 is 33.0. The standard InChI is InChI=1S/C21H25N3O6S2/c1-15(31-18-9-7-17(8-10-18)24(26)27)21(25)22-16-6-11-19(30-2)20(14-16)32(28,29)23-12-4-3-5-13-23/h6-11,14-15H,3-5,12-13H2,1-2H3,(H,22,25). The van der Waals surface area contributed by atoms with Gasteiger partial charge in [0.2, 0.25) is 15.9 Å². The van der Waals surface area contributed by atoms with Crippen LogP contribution in [0, 0.1) is 10.1 Å². The number of ether oxygens (including phenoxy) is 1. The first kappa shape index (κ1) is 24.0. The Morgan fingerprint density at radius 2 is 1.81 bits per heavy atom. The van der Waals surface area contributed by atoms with Gasteiger partial charge >= 0.3 is 0 Å². The third-order valence-corrected chi connectivity index (χ3v) is 8.13. The van der Waals surface area contributed by atoms with Gasteiger partial charge in [-0.1, -0.05) is 6.42 Å². The Labute approximate surface area is 191 Å². The lowest BCUT2D eigenvalue weighted by Gasteiger charge is -2.26. The van der Waals surface area contributed by atoms with Gasteiger partial charge in [-0.2, -0.15) is 4.31 Å². The number of carbonyl (C=O) groups is 1. The Bertz CT molecular complexity index is 1080. The molecule has 0 aromatic heterocycles. The second-order valence-corrected chi connectivity index (χ2v) is 10.7. The Balaban J connectivity index is 1.74. The monoisotopic (exact) mass is 479 g/mol. The summed E-state index contributed by atoms with van der Waals surface area (Å²) in [6, 6.07) is 10.5. The Morgan fingerprint density at radius 3 is 2.41 bits per heavy atom. The molecule has 9 nitrogen and oxygen atoms in total. The number of rotatable bonds is 8. The molecule has 32 heavy (non-hydrogen) atoms. The van der Waals surface area contributed by atoms with Crippen LogP contribution < -0.4 is 10.1 Å². The number of anilines is 1. The van der Waals surface area contributed by atoms with Crippen LogP contribution in [-0.2, 0) is 14.8 Å². The van der Waals surface area contributed by atoms with Crippen molar-refractivity contribution >= 4 is 39.1 Å². The van der Waals surface area contributed by atoms with Crippen molar-refractivity contribution in [1.29, 1.82) is 0 Å². The number of piperidine rings is 1. The average Bonchev–Trinajstić information content (AvgIpc) is 2.80. The first-order valence-corrected chi connectivity index (χ1v) is 12.4. The molecular weight excluding hydrogens is 454 g/mol. The molecule has 1 unspecified atom stereocenters. The molecule has 0 saturated carbocycles. The number of amides is 1. The van der Waals surface area contributed by atoms with E-state index in [9.17, 15) is 23.3 Å². The van der Waals surface area contributed by atoms with Crippen molar-refractivity contribution < 1.29 is 22.9 Å². The van der Waals surface area contributed by atoms with Crippen LogP contribution in [0.2, 0.25) is 0 Å². The topological polar surface area (TPSA) is 119 Å². The molecule has 1 atom stereocenters. The van der Waals surface area contributed by atoms with E-state index in [1.165, 1.54) is 47.4 Å². The van der Waals surface area contributed by atoms with Gasteiger partial charge < -0.3 is 10.1 Å². The van der Waals surface area contributed by atoms with Gasteiger partial charge in [0.25, 0.3) is 5.69 Å². The molecule has 1 fully saturated rings. The maximum Gasteiger partial charge on any atom is 0.269 e. The number of nitro groups is 1. The van der Waals surface area contributed by atoms with E-state index in [4.69, 9.17) is 4.74 Å². The fourth-order valence-electron chi connectivity index (χ4n) is 3.35. The number of nitrogens with zero attached hydrogens (tertiary/aromatic N) is 2. The summed E-state index contributed by atoms with van der Waals surface area (Å²) in [5.74, 6) is -0.0956. The average molecular weight is 480 g/mol. The van der Waals surface area contributed by atoms with Crippen molar-refractivity contribution in [2.75, 3.05) is 25.5 Å². The fraction of sp³-hybridized carbons (Fsp3) is 0.381. The van der Waals surface area contributed by atoms with Crippen molar-refractivity contribution in [3.05, 3.63) is 52.6 Å². The quantitative estimate of drug-likeness (QED) is 0.346. The molecule has 1 heterocycles. The SMILES string of the molecule is COc1ccc(NC(=O)C(C)Sc2ccc([N+](=O)[O-])cc2)cc1S(=O)(=O)N1CCCCC1. The molecule has 1 saturated heterocycles. The minimum atomic E-state index is -3.75. The van der Waals surface area contributed by atoms with Crippen LogP contribution in [0.1, 0.15) is 26.2 Å². The van der Waals surface area contributed by atoms with E-state index in [0.717, 1.165) is 19.3 Å². The summed E-state index contributed by atoms with van der Waals surface area (Å²) >= 11 is 1.25. The third kappa shape index (κ3) is 5.59. The second-order valence-electron chi connectivity index (χ2n) is 7.33. The number of nitrogens with one attached hydrogen (secondary N) is 1. The molecule has 0 aliphatic carbocycles. The van der Waals surface area contributed by atoms with Gasteiger partial charge in [0, 0.05) is 35.8 Å². The van der Waals surface area contributed by atoms with E-state index in [1.807, 2.05) is 0 Å². The number of nitro benzene ring substituents is 1. The first-order valence-electron chi connectivity index (χ1n) is 10.1. The Morgan fingerprint density at radius 1 is 1.16 bits per heavy atom. The molecular formula is C21H25N3O6S2. The van der Waals surface area contributed by atoms with Gasteiger partial charge in [0.05, 0.1) is 17.3 Å². The van der Waals surface area contributed by atoms with E-state index < -0.39 is 20.2 Å². The highest BCUT2D eigenvalue weighted by Crippen LogP contribution is 2.32. The minimum absolute atomic E-state index is 0.0212. The molecule has 1 N–H and O–H groups in total. The molecule has 0 spiro atoms. The van der Waals surface area contributed by atoms with E-state index in [0.29, 0.717) is 23.7 Å². The molecule has 2 aromatic rings. The molecule has 172 valence electrons. The number of methoxy groups -OCH3 is 1. The normalized spacial score (nSPS) is 15.7. The van der Waals surface area contributed by atoms with Gasteiger partial charge in [0.1, 0.15) is 10.6 Å². The number of sulfonamides is 1. The number of carbonyl (C=O) groups excluding carboxylic acids is 1. The van der Waals surface area contributed by atoms with Crippen LogP contribution in [0.15, 0.2) is 52.3 Å². The number of thioether (sulfide) groups is 1. The van der Waals surface area contributed by atoms with Crippen LogP contribution in [0.3, 0.4) is 0 Å². The summed E-state index contributed by atoms with van der Waals surface area (Å²) in [7, 11) is -2.34. The molecule has 1 aliphatic rings. The number of benzene rings is 2. The van der Waals surface area contributed by atoms with Crippen molar-refractivity contribution in [1.82, 2.24) is 4.31 Å². The molecule has 3 rings (SSSR count). The predicted octanol–water partition coefficient (Wildman–Crippen LogP) is 3.90. The zero-order valence-electron chi connectivity index (χ0n) is 17.8. The molecule has 1 aliphatic heterocycles. The maximum absolute atomic E-state index is 13.1. The Kier molecular flexibility index (Phi) is 7.75. The predicted molar refractivity (Wildman–Crippen MR) is 123 cm³/mol. The van der Waals surface area contributed by atoms with Crippen molar-refractivity contribution in [2.24, 2.45) is 0 Å². The molecule has 11 heteroatoms. The summed E-state index contributed by atoms with van der Waals surface area (Å²) in [5, 5.41) is 13.0. The van der Waals surface area contributed by atoms with Gasteiger partial charge in [-0.15, -0.1) is 11.8 Å². The van der Waals surface area contributed by atoms with Gasteiger partial charge in [-0.3, -0.25) is 14.9 Å². The largest absolute Gasteiger partial charge is 0.495 e. The van der Waals surface area contributed by atoms with Crippen molar-refractivity contribution in [2.45, 2.75) is 41.2 Å². The van der Waals surface area contributed by atoms with E-state index in [1.54, 1.807) is 25.1 Å². The van der Waals surface area contributed by atoms with Crippen molar-refractivity contribution in [3.63, 3.8) is 0 Å². The molecule has 0 radical (unpaired) electrons. The molecule has 0 bridgehead atoms. The number of hydrogen-bond acceptors (Lipinski definition) is 7. The van der Waals surface area contributed by atoms with Crippen LogP contribution >= 0.6 is 11.8 Å². The van der Waals surface area contributed by atoms with Gasteiger partial charge in [-0.25, -0.2) is 8.42 Å². The van der Waals surface area contributed by atoms with Gasteiger partial charge in [-0.05, 0) is 50.1 Å². The number of non-ortho nitro benzene ring substituents is 1. The zero-order chi connectivity index (χ0) is 23.3. The summed E-state index contributed by atoms with van der Waals surface area (Å²) in [6.45, 7) is 2.63. The van der Waals surface area contributed by atoms with E-state index in [-0.39, 0.29) is 22.2 Å². The lowest BCUT2D eigenvalue weighted by Crippen LogP contribution is -2.35. The van der Waals surface area contributed by atoms with E-state index in [2.05, 4.69) is 5.32 Å². The van der Waals surface area contributed by atoms with Crippen LogP contribution in [-0.4, -0.2) is 49.0 Å². The third-order valence-electron chi connectivity index (χ3n) is 5.09. The van der Waals surface area contributed by atoms with Crippen LogP contribution in [0.4, 0.5) is 11.4 Å². The lowest BCUT2D eigenvalue weighted by molar-refractivity contribution is -0.384.